The molecule has 2 aromatic carbocycles. The Kier molecular flexibility index (Phi) is 8.27. The largest absolute Gasteiger partial charge is 0.465 e. The van der Waals surface area contributed by atoms with E-state index in [0.717, 1.165) is 37.1 Å². The molecule has 1 saturated carbocycles. The molecule has 10 heteroatoms. The van der Waals surface area contributed by atoms with Crippen LogP contribution < -0.4 is 4.72 Å². The maximum absolute atomic E-state index is 12.7. The van der Waals surface area contributed by atoms with E-state index < -0.39 is 20.9 Å². The SMILES string of the molecule is COC(=O)c1ccccc1Sc1ccc(S(=O)(=O)NCCC2CCCCC2)cc1[N+](=O)[O-]. The first-order valence-corrected chi connectivity index (χ1v) is 12.7. The molecule has 8 nitrogen and oxygen atoms in total. The fraction of sp³-hybridized carbons (Fsp3) is 0.409. The van der Waals surface area contributed by atoms with E-state index in [1.54, 1.807) is 24.3 Å². The van der Waals surface area contributed by atoms with Crippen molar-refractivity contribution in [3.05, 3.63) is 58.1 Å². The van der Waals surface area contributed by atoms with Crippen molar-refractivity contribution in [3.63, 3.8) is 0 Å². The van der Waals surface area contributed by atoms with Crippen molar-refractivity contribution in [2.24, 2.45) is 5.92 Å². The molecule has 0 radical (unpaired) electrons. The molecular weight excluding hydrogens is 452 g/mol. The molecule has 1 aliphatic carbocycles. The first-order chi connectivity index (χ1) is 15.3. The van der Waals surface area contributed by atoms with Gasteiger partial charge in [0.05, 0.1) is 27.4 Å². The molecule has 1 aliphatic rings. The maximum Gasteiger partial charge on any atom is 0.339 e. The van der Waals surface area contributed by atoms with Crippen LogP contribution in [0.25, 0.3) is 0 Å². The Balaban J connectivity index is 1.78. The minimum absolute atomic E-state index is 0.154. The summed E-state index contributed by atoms with van der Waals surface area (Å²) in [5.74, 6) is -0.0356. The number of rotatable bonds is 9. The number of nitro groups is 1. The summed E-state index contributed by atoms with van der Waals surface area (Å²) in [5, 5.41) is 11.7. The van der Waals surface area contributed by atoms with Gasteiger partial charge in [0, 0.05) is 17.5 Å². The number of nitrogens with one attached hydrogen (secondary N) is 1. The Morgan fingerprint density at radius 3 is 2.56 bits per heavy atom. The zero-order valence-corrected chi connectivity index (χ0v) is 19.4. The van der Waals surface area contributed by atoms with E-state index in [4.69, 9.17) is 4.74 Å². The molecule has 2 aromatic rings. The van der Waals surface area contributed by atoms with E-state index >= 15 is 0 Å². The lowest BCUT2D eigenvalue weighted by Gasteiger charge is -2.21. The number of hydrogen-bond donors (Lipinski definition) is 1. The van der Waals surface area contributed by atoms with Gasteiger partial charge in [0.15, 0.2) is 0 Å². The van der Waals surface area contributed by atoms with Gasteiger partial charge in [0.2, 0.25) is 10.0 Å². The minimum atomic E-state index is -3.87. The first-order valence-electron chi connectivity index (χ1n) is 10.4. The predicted molar refractivity (Wildman–Crippen MR) is 121 cm³/mol. The Hall–Kier alpha value is -2.43. The summed E-state index contributed by atoms with van der Waals surface area (Å²) >= 11 is 1.01. The van der Waals surface area contributed by atoms with Crippen molar-refractivity contribution in [3.8, 4) is 0 Å². The van der Waals surface area contributed by atoms with Gasteiger partial charge in [-0.15, -0.1) is 0 Å². The van der Waals surface area contributed by atoms with Crippen LogP contribution in [-0.4, -0.2) is 33.0 Å². The van der Waals surface area contributed by atoms with Gasteiger partial charge in [-0.25, -0.2) is 17.9 Å². The number of methoxy groups -OCH3 is 1. The highest BCUT2D eigenvalue weighted by Crippen LogP contribution is 2.38. The Labute approximate surface area is 191 Å². The van der Waals surface area contributed by atoms with Gasteiger partial charge in [-0.3, -0.25) is 10.1 Å². The first kappa shape index (κ1) is 24.2. The van der Waals surface area contributed by atoms with E-state index in [1.807, 2.05) is 0 Å². The van der Waals surface area contributed by atoms with E-state index in [1.165, 1.54) is 38.5 Å². The van der Waals surface area contributed by atoms with Crippen molar-refractivity contribution in [2.45, 2.75) is 53.2 Å². The molecule has 3 rings (SSSR count). The minimum Gasteiger partial charge on any atom is -0.465 e. The summed E-state index contributed by atoms with van der Waals surface area (Å²) in [7, 11) is -2.61. The van der Waals surface area contributed by atoms with Crippen molar-refractivity contribution in [2.75, 3.05) is 13.7 Å². The molecule has 1 fully saturated rings. The van der Waals surface area contributed by atoms with Crippen LogP contribution in [0.2, 0.25) is 0 Å². The molecule has 1 N–H and O–H groups in total. The zero-order chi connectivity index (χ0) is 23.1. The highest BCUT2D eigenvalue weighted by molar-refractivity contribution is 7.99. The smallest absolute Gasteiger partial charge is 0.339 e. The third-order valence-corrected chi connectivity index (χ3v) is 8.12. The van der Waals surface area contributed by atoms with Crippen LogP contribution >= 0.6 is 11.8 Å². The van der Waals surface area contributed by atoms with Crippen LogP contribution in [0.1, 0.15) is 48.9 Å². The second-order valence-electron chi connectivity index (χ2n) is 7.67. The van der Waals surface area contributed by atoms with E-state index in [9.17, 15) is 23.3 Å². The molecule has 0 saturated heterocycles. The molecule has 0 bridgehead atoms. The predicted octanol–water partition coefficient (Wildman–Crippen LogP) is 4.78. The highest BCUT2D eigenvalue weighted by Gasteiger charge is 2.24. The molecule has 0 spiro atoms. The zero-order valence-electron chi connectivity index (χ0n) is 17.8. The van der Waals surface area contributed by atoms with Crippen molar-refractivity contribution in [1.29, 1.82) is 0 Å². The number of ether oxygens (including phenoxy) is 1. The molecule has 0 amide bonds. The van der Waals surface area contributed by atoms with Gasteiger partial charge in [-0.2, -0.15) is 0 Å². The van der Waals surface area contributed by atoms with Crippen LogP contribution in [-0.2, 0) is 14.8 Å². The van der Waals surface area contributed by atoms with Gasteiger partial charge < -0.3 is 4.74 Å². The summed E-state index contributed by atoms with van der Waals surface area (Å²) in [5.41, 5.74) is -0.0693. The highest BCUT2D eigenvalue weighted by atomic mass is 32.2. The van der Waals surface area contributed by atoms with Crippen LogP contribution in [0, 0.1) is 16.0 Å². The van der Waals surface area contributed by atoms with E-state index in [0.29, 0.717) is 17.4 Å². The molecule has 32 heavy (non-hydrogen) atoms. The van der Waals surface area contributed by atoms with Gasteiger partial charge in [-0.05, 0) is 36.6 Å². The lowest BCUT2D eigenvalue weighted by Crippen LogP contribution is -2.26. The van der Waals surface area contributed by atoms with Gasteiger partial charge in [-0.1, -0.05) is 56.0 Å². The normalized spacial score (nSPS) is 14.8. The number of carbonyl (C=O) groups is 1. The number of benzene rings is 2. The number of esters is 1. The number of nitro benzene ring substituents is 1. The number of carbonyl (C=O) groups excluding carboxylic acids is 1. The Morgan fingerprint density at radius 1 is 1.16 bits per heavy atom. The van der Waals surface area contributed by atoms with Crippen molar-refractivity contribution < 1.29 is 22.9 Å². The summed E-state index contributed by atoms with van der Waals surface area (Å²) in [6.45, 7) is 0.309. The number of sulfonamides is 1. The standard InChI is InChI=1S/C22H26N2O6S2/c1-30-22(25)18-9-5-6-10-20(18)31-21-12-11-17(15-19(21)24(26)27)32(28,29)23-14-13-16-7-3-2-4-8-16/h5-6,9-12,15-16,23H,2-4,7-8,13-14H2,1H3. The summed E-state index contributed by atoms with van der Waals surface area (Å²) in [4.78, 5) is 23.6. The Morgan fingerprint density at radius 2 is 1.88 bits per heavy atom. The third kappa shape index (κ3) is 6.08. The summed E-state index contributed by atoms with van der Waals surface area (Å²) in [6.07, 6.45) is 6.60. The fourth-order valence-electron chi connectivity index (χ4n) is 3.80. The molecule has 0 heterocycles. The van der Waals surface area contributed by atoms with Crippen LogP contribution in [0.15, 0.2) is 57.2 Å². The molecule has 0 aliphatic heterocycles. The van der Waals surface area contributed by atoms with Crippen LogP contribution in [0.3, 0.4) is 0 Å². The fourth-order valence-corrected chi connectivity index (χ4v) is 5.89. The van der Waals surface area contributed by atoms with Crippen LogP contribution in [0.4, 0.5) is 5.69 Å². The monoisotopic (exact) mass is 478 g/mol. The average molecular weight is 479 g/mol. The molecule has 0 atom stereocenters. The van der Waals surface area contributed by atoms with Gasteiger partial charge in [0.1, 0.15) is 0 Å². The lowest BCUT2D eigenvalue weighted by molar-refractivity contribution is -0.388. The van der Waals surface area contributed by atoms with Crippen molar-refractivity contribution >= 4 is 33.4 Å². The molecule has 0 aromatic heterocycles. The van der Waals surface area contributed by atoms with Gasteiger partial charge >= 0.3 is 5.97 Å². The topological polar surface area (TPSA) is 116 Å². The second-order valence-corrected chi connectivity index (χ2v) is 10.5. The molecule has 172 valence electrons. The van der Waals surface area contributed by atoms with Gasteiger partial charge in [0.25, 0.3) is 5.69 Å². The Bertz CT molecular complexity index is 1080. The third-order valence-electron chi connectivity index (χ3n) is 5.52. The summed E-state index contributed by atoms with van der Waals surface area (Å²) in [6, 6.07) is 10.4. The van der Waals surface area contributed by atoms with E-state index in [2.05, 4.69) is 4.72 Å². The second kappa shape index (κ2) is 10.9. The lowest BCUT2D eigenvalue weighted by atomic mass is 9.87. The summed E-state index contributed by atoms with van der Waals surface area (Å²) < 4.78 is 32.7. The maximum atomic E-state index is 12.7. The quantitative estimate of drug-likeness (QED) is 0.313. The number of hydrogen-bond acceptors (Lipinski definition) is 7. The number of nitrogens with zero attached hydrogens (tertiary/aromatic N) is 1. The van der Waals surface area contributed by atoms with Crippen LogP contribution in [0.5, 0.6) is 0 Å². The molecule has 0 unspecified atom stereocenters. The van der Waals surface area contributed by atoms with E-state index in [-0.39, 0.29) is 21.0 Å². The molecular formula is C22H26N2O6S2. The van der Waals surface area contributed by atoms with Crippen molar-refractivity contribution in [1.82, 2.24) is 4.72 Å². The average Bonchev–Trinajstić information content (AvgIpc) is 2.79.